The number of hydrogen-bond donors (Lipinski definition) is 1. The molecule has 0 aliphatic rings. The third-order valence-electron chi connectivity index (χ3n) is 1.77. The molecule has 6 heteroatoms. The summed E-state index contributed by atoms with van der Waals surface area (Å²) in [7, 11) is 0. The molecule has 1 heterocycles. The summed E-state index contributed by atoms with van der Waals surface area (Å²) in [6.07, 6.45) is 0.913. The molecule has 1 unspecified atom stereocenters. The van der Waals surface area contributed by atoms with Crippen molar-refractivity contribution in [3.8, 4) is 12.0 Å². The summed E-state index contributed by atoms with van der Waals surface area (Å²) in [5.41, 5.74) is 5.48. The van der Waals surface area contributed by atoms with Crippen LogP contribution in [0.4, 0.5) is 5.95 Å². The van der Waals surface area contributed by atoms with E-state index in [2.05, 4.69) is 15.0 Å². The number of nitrogen functional groups attached to an aromatic ring is 1. The molecule has 0 spiro atoms. The maximum Gasteiger partial charge on any atom is 0.324 e. The highest BCUT2D eigenvalue weighted by atomic mass is 16.5. The van der Waals surface area contributed by atoms with Gasteiger partial charge in [0.05, 0.1) is 12.7 Å². The molecule has 0 amide bonds. The van der Waals surface area contributed by atoms with Gasteiger partial charge in [0.2, 0.25) is 5.95 Å². The lowest BCUT2D eigenvalue weighted by Crippen LogP contribution is -2.14. The minimum Gasteiger partial charge on any atom is -0.464 e. The van der Waals surface area contributed by atoms with Crippen molar-refractivity contribution in [3.05, 3.63) is 0 Å². The molecule has 0 saturated heterocycles. The summed E-state index contributed by atoms with van der Waals surface area (Å²) in [6.45, 7) is 6.26. The summed E-state index contributed by atoms with van der Waals surface area (Å²) >= 11 is 0. The monoisotopic (exact) mass is 212 g/mol. The van der Waals surface area contributed by atoms with Gasteiger partial charge in [-0.1, -0.05) is 6.92 Å². The number of anilines is 1. The van der Waals surface area contributed by atoms with Crippen molar-refractivity contribution in [2.45, 2.75) is 33.3 Å². The normalized spacial score (nSPS) is 12.2. The number of rotatable bonds is 5. The van der Waals surface area contributed by atoms with Crippen LogP contribution >= 0.6 is 0 Å². The first-order valence-electron chi connectivity index (χ1n) is 4.96. The highest BCUT2D eigenvalue weighted by molar-refractivity contribution is 5.20. The lowest BCUT2D eigenvalue weighted by molar-refractivity contribution is 0.194. The van der Waals surface area contributed by atoms with Crippen molar-refractivity contribution in [1.29, 1.82) is 0 Å². The molecule has 0 aliphatic heterocycles. The van der Waals surface area contributed by atoms with Gasteiger partial charge in [-0.05, 0) is 20.3 Å². The van der Waals surface area contributed by atoms with Crippen molar-refractivity contribution >= 4 is 5.95 Å². The molecule has 1 aromatic rings. The van der Waals surface area contributed by atoms with Gasteiger partial charge >= 0.3 is 12.0 Å². The van der Waals surface area contributed by atoms with E-state index < -0.39 is 0 Å². The van der Waals surface area contributed by atoms with E-state index in [1.165, 1.54) is 0 Å². The Hall–Kier alpha value is -1.59. The Balaban J connectivity index is 2.78. The van der Waals surface area contributed by atoms with Gasteiger partial charge in [-0.2, -0.15) is 9.97 Å². The van der Waals surface area contributed by atoms with E-state index >= 15 is 0 Å². The standard InChI is InChI=1S/C9H16N4O2/c1-4-6(3)15-9-12-7(10)11-8(13-9)14-5-2/h6H,4-5H2,1-3H3,(H2,10,11,12,13). The Morgan fingerprint density at radius 3 is 2.47 bits per heavy atom. The van der Waals surface area contributed by atoms with Gasteiger partial charge < -0.3 is 15.2 Å². The number of aromatic nitrogens is 3. The van der Waals surface area contributed by atoms with Crippen LogP contribution in [0.5, 0.6) is 12.0 Å². The molecule has 1 rings (SSSR count). The number of nitrogens with two attached hydrogens (primary N) is 1. The Kier molecular flexibility index (Phi) is 4.08. The Morgan fingerprint density at radius 2 is 1.87 bits per heavy atom. The van der Waals surface area contributed by atoms with Crippen LogP contribution in [0.2, 0.25) is 0 Å². The second-order valence-corrected chi connectivity index (χ2v) is 3.03. The van der Waals surface area contributed by atoms with E-state index in [1.54, 1.807) is 0 Å². The lowest BCUT2D eigenvalue weighted by atomic mass is 10.3. The second-order valence-electron chi connectivity index (χ2n) is 3.03. The maximum atomic E-state index is 5.48. The average molecular weight is 212 g/mol. The van der Waals surface area contributed by atoms with Crippen LogP contribution in [-0.2, 0) is 0 Å². The minimum atomic E-state index is 0.0428. The van der Waals surface area contributed by atoms with Crippen LogP contribution in [0.3, 0.4) is 0 Å². The molecule has 0 fully saturated rings. The van der Waals surface area contributed by atoms with Gasteiger partial charge in [0.25, 0.3) is 0 Å². The first-order valence-corrected chi connectivity index (χ1v) is 4.96. The molecular weight excluding hydrogens is 196 g/mol. The van der Waals surface area contributed by atoms with Crippen molar-refractivity contribution < 1.29 is 9.47 Å². The third kappa shape index (κ3) is 3.57. The van der Waals surface area contributed by atoms with Gasteiger partial charge in [0, 0.05) is 0 Å². The van der Waals surface area contributed by atoms with Crippen LogP contribution in [0.15, 0.2) is 0 Å². The second kappa shape index (κ2) is 5.33. The summed E-state index contributed by atoms with van der Waals surface area (Å²) in [4.78, 5) is 11.6. The fourth-order valence-corrected chi connectivity index (χ4v) is 0.862. The molecule has 84 valence electrons. The maximum absolute atomic E-state index is 5.48. The molecule has 15 heavy (non-hydrogen) atoms. The van der Waals surface area contributed by atoms with Crippen LogP contribution in [0.25, 0.3) is 0 Å². The van der Waals surface area contributed by atoms with Crippen LogP contribution in [-0.4, -0.2) is 27.7 Å². The molecule has 6 nitrogen and oxygen atoms in total. The molecule has 0 bridgehead atoms. The van der Waals surface area contributed by atoms with E-state index in [4.69, 9.17) is 15.2 Å². The lowest BCUT2D eigenvalue weighted by Gasteiger charge is -2.11. The fraction of sp³-hybridized carbons (Fsp3) is 0.667. The summed E-state index contributed by atoms with van der Waals surface area (Å²) in [6, 6.07) is 0.406. The van der Waals surface area contributed by atoms with E-state index in [-0.39, 0.29) is 24.1 Å². The van der Waals surface area contributed by atoms with Gasteiger partial charge in [-0.15, -0.1) is 4.98 Å². The SMILES string of the molecule is CCOc1nc(N)nc(OC(C)CC)n1. The zero-order valence-corrected chi connectivity index (χ0v) is 9.23. The zero-order valence-electron chi connectivity index (χ0n) is 9.23. The quantitative estimate of drug-likeness (QED) is 0.784. The summed E-state index contributed by atoms with van der Waals surface area (Å²) in [5.74, 6) is 0.103. The molecule has 2 N–H and O–H groups in total. The summed E-state index contributed by atoms with van der Waals surface area (Å²) in [5, 5.41) is 0. The smallest absolute Gasteiger partial charge is 0.324 e. The molecule has 0 aliphatic carbocycles. The number of ether oxygens (including phenoxy) is 2. The fourth-order valence-electron chi connectivity index (χ4n) is 0.862. The molecule has 1 atom stereocenters. The Labute approximate surface area is 88.8 Å². The molecule has 0 radical (unpaired) electrons. The van der Waals surface area contributed by atoms with Crippen molar-refractivity contribution in [1.82, 2.24) is 15.0 Å². The number of hydrogen-bond acceptors (Lipinski definition) is 6. The van der Waals surface area contributed by atoms with Gasteiger partial charge in [0.1, 0.15) is 0 Å². The molecule has 0 aromatic carbocycles. The summed E-state index contributed by atoms with van der Waals surface area (Å²) < 4.78 is 10.5. The van der Waals surface area contributed by atoms with E-state index in [0.717, 1.165) is 6.42 Å². The van der Waals surface area contributed by atoms with Crippen LogP contribution < -0.4 is 15.2 Å². The van der Waals surface area contributed by atoms with Gasteiger partial charge in [-0.3, -0.25) is 0 Å². The predicted octanol–water partition coefficient (Wildman–Crippen LogP) is 1.03. The van der Waals surface area contributed by atoms with E-state index in [1.807, 2.05) is 20.8 Å². The van der Waals surface area contributed by atoms with E-state index in [9.17, 15) is 0 Å². The van der Waals surface area contributed by atoms with Crippen LogP contribution in [0.1, 0.15) is 27.2 Å². The first kappa shape index (κ1) is 11.5. The highest BCUT2D eigenvalue weighted by Gasteiger charge is 2.08. The van der Waals surface area contributed by atoms with Crippen molar-refractivity contribution in [3.63, 3.8) is 0 Å². The van der Waals surface area contributed by atoms with E-state index in [0.29, 0.717) is 6.61 Å². The predicted molar refractivity (Wildman–Crippen MR) is 55.8 cm³/mol. The topological polar surface area (TPSA) is 83.2 Å². The molecule has 0 saturated carbocycles. The zero-order chi connectivity index (χ0) is 11.3. The van der Waals surface area contributed by atoms with Crippen molar-refractivity contribution in [2.75, 3.05) is 12.3 Å². The highest BCUT2D eigenvalue weighted by Crippen LogP contribution is 2.12. The Bertz CT molecular complexity index is 319. The molecular formula is C9H16N4O2. The first-order chi connectivity index (χ1) is 7.15. The van der Waals surface area contributed by atoms with Gasteiger partial charge in [-0.25, -0.2) is 0 Å². The third-order valence-corrected chi connectivity index (χ3v) is 1.77. The molecule has 1 aromatic heterocycles. The van der Waals surface area contributed by atoms with Crippen LogP contribution in [0, 0.1) is 0 Å². The average Bonchev–Trinajstić information content (AvgIpc) is 2.17. The minimum absolute atomic E-state index is 0.0428. The van der Waals surface area contributed by atoms with Gasteiger partial charge in [0.15, 0.2) is 0 Å². The largest absolute Gasteiger partial charge is 0.464 e. The van der Waals surface area contributed by atoms with Crippen molar-refractivity contribution in [2.24, 2.45) is 0 Å². The Morgan fingerprint density at radius 1 is 1.20 bits per heavy atom. The number of nitrogens with zero attached hydrogens (tertiary/aromatic N) is 3.